The molecular weight excluding hydrogens is 310 g/mol. The van der Waals surface area contributed by atoms with Crippen molar-refractivity contribution >= 4 is 12.3 Å². The van der Waals surface area contributed by atoms with Crippen molar-refractivity contribution in [3.63, 3.8) is 0 Å². The van der Waals surface area contributed by atoms with E-state index in [0.717, 1.165) is 30.6 Å². The molecule has 24 heavy (non-hydrogen) atoms. The third-order valence-corrected chi connectivity index (χ3v) is 3.72. The van der Waals surface area contributed by atoms with Gasteiger partial charge >= 0.3 is 0 Å². The highest BCUT2D eigenvalue weighted by Gasteiger charge is 2.20. The van der Waals surface area contributed by atoms with Gasteiger partial charge in [-0.3, -0.25) is 20.2 Å². The summed E-state index contributed by atoms with van der Waals surface area (Å²) in [6.07, 6.45) is 3.86. The summed E-state index contributed by atoms with van der Waals surface area (Å²) in [6.45, 7) is 2.53. The lowest BCUT2D eigenvalue weighted by Crippen LogP contribution is -2.44. The van der Waals surface area contributed by atoms with E-state index in [2.05, 4.69) is 17.8 Å². The summed E-state index contributed by atoms with van der Waals surface area (Å²) in [5.74, 6) is 0.0892. The van der Waals surface area contributed by atoms with Gasteiger partial charge in [-0.1, -0.05) is 38.3 Å². The molecule has 3 N–H and O–H groups in total. The summed E-state index contributed by atoms with van der Waals surface area (Å²) in [5.41, 5.74) is 6.51. The van der Waals surface area contributed by atoms with Crippen LogP contribution >= 0.6 is 0 Å². The Morgan fingerprint density at radius 2 is 2.04 bits per heavy atom. The van der Waals surface area contributed by atoms with Crippen molar-refractivity contribution in [1.82, 2.24) is 15.9 Å². The summed E-state index contributed by atoms with van der Waals surface area (Å²) >= 11 is 0. The van der Waals surface area contributed by atoms with Gasteiger partial charge in [-0.2, -0.15) is 0 Å². The van der Waals surface area contributed by atoms with Crippen LogP contribution in [0.5, 0.6) is 5.75 Å². The lowest BCUT2D eigenvalue weighted by molar-refractivity contribution is -0.154. The minimum Gasteiger partial charge on any atom is -0.497 e. The van der Waals surface area contributed by atoms with Gasteiger partial charge < -0.3 is 4.74 Å². The molecule has 0 bridgehead atoms. The molecule has 1 aromatic carbocycles. The minimum absolute atomic E-state index is 0.0107. The van der Waals surface area contributed by atoms with E-state index >= 15 is 0 Å². The fourth-order valence-electron chi connectivity index (χ4n) is 2.29. The van der Waals surface area contributed by atoms with Crippen LogP contribution in [0, 0.1) is 5.92 Å². The Hall–Kier alpha value is -2.12. The van der Waals surface area contributed by atoms with Crippen LogP contribution in [0.25, 0.3) is 0 Å². The summed E-state index contributed by atoms with van der Waals surface area (Å²) in [5, 5.41) is 9.85. The van der Waals surface area contributed by atoms with E-state index < -0.39 is 5.92 Å². The van der Waals surface area contributed by atoms with E-state index in [1.54, 1.807) is 7.11 Å². The Morgan fingerprint density at radius 3 is 2.62 bits per heavy atom. The van der Waals surface area contributed by atoms with Crippen molar-refractivity contribution in [3.05, 3.63) is 29.8 Å². The molecule has 0 aromatic heterocycles. The number of carbonyl (C=O) groups excluding carboxylic acids is 2. The highest BCUT2D eigenvalue weighted by atomic mass is 16.5. The van der Waals surface area contributed by atoms with Crippen LogP contribution in [0.3, 0.4) is 0 Å². The van der Waals surface area contributed by atoms with Gasteiger partial charge in [-0.15, -0.1) is 0 Å². The molecule has 134 valence electrons. The maximum absolute atomic E-state index is 12.2. The number of unbranched alkanes of at least 4 members (excludes halogenated alkanes) is 2. The Balaban J connectivity index is 2.45. The Labute approximate surface area is 142 Å². The molecule has 1 rings (SSSR count). The van der Waals surface area contributed by atoms with Gasteiger partial charge in [0.05, 0.1) is 19.6 Å². The minimum atomic E-state index is -0.449. The van der Waals surface area contributed by atoms with Crippen molar-refractivity contribution in [2.75, 3.05) is 13.7 Å². The predicted molar refractivity (Wildman–Crippen MR) is 90.2 cm³/mol. The van der Waals surface area contributed by atoms with Gasteiger partial charge in [0.25, 0.3) is 0 Å². The molecule has 0 aliphatic carbocycles. The van der Waals surface area contributed by atoms with Crippen LogP contribution in [0.4, 0.5) is 0 Å². The Morgan fingerprint density at radius 1 is 1.33 bits per heavy atom. The first kappa shape index (κ1) is 19.9. The van der Waals surface area contributed by atoms with Gasteiger partial charge in [0.15, 0.2) is 0 Å². The highest BCUT2D eigenvalue weighted by Crippen LogP contribution is 2.12. The number of benzene rings is 1. The number of nitrogens with one attached hydrogen (secondary N) is 2. The van der Waals surface area contributed by atoms with Gasteiger partial charge in [0.2, 0.25) is 12.3 Å². The van der Waals surface area contributed by atoms with E-state index in [1.165, 1.54) is 0 Å². The first-order chi connectivity index (χ1) is 11.6. The second kappa shape index (κ2) is 11.4. The maximum Gasteiger partial charge on any atom is 0.239 e. The number of rotatable bonds is 12. The molecule has 0 radical (unpaired) electrons. The topological polar surface area (TPSA) is 90.9 Å². The first-order valence-corrected chi connectivity index (χ1v) is 8.17. The van der Waals surface area contributed by atoms with Crippen LogP contribution in [0.1, 0.15) is 38.2 Å². The lowest BCUT2D eigenvalue weighted by Gasteiger charge is -2.19. The third-order valence-electron chi connectivity index (χ3n) is 3.72. The standard InChI is InChI=1S/C17H27N3O4/c1-3-4-5-6-15(12-20(23)13-21)17(22)19-18-11-14-7-9-16(24-2)10-8-14/h7-10,13,15,18,23H,3-6,11-12H2,1-2H3,(H,19,22)/t15-/m1/s1. The van der Waals surface area contributed by atoms with Gasteiger partial charge in [-0.25, -0.2) is 10.5 Å². The summed E-state index contributed by atoms with van der Waals surface area (Å²) < 4.78 is 5.09. The van der Waals surface area contributed by atoms with Crippen molar-refractivity contribution in [3.8, 4) is 5.75 Å². The zero-order chi connectivity index (χ0) is 17.8. The molecule has 1 atom stereocenters. The average Bonchev–Trinajstić information content (AvgIpc) is 2.61. The number of hydrogen-bond donors (Lipinski definition) is 3. The molecule has 2 amide bonds. The van der Waals surface area contributed by atoms with E-state index in [4.69, 9.17) is 4.74 Å². The molecule has 7 heteroatoms. The number of ether oxygens (including phenoxy) is 1. The fraction of sp³-hybridized carbons (Fsp3) is 0.529. The number of hydrazine groups is 1. The zero-order valence-electron chi connectivity index (χ0n) is 14.3. The lowest BCUT2D eigenvalue weighted by atomic mass is 10.0. The van der Waals surface area contributed by atoms with Crippen LogP contribution < -0.4 is 15.6 Å². The highest BCUT2D eigenvalue weighted by molar-refractivity contribution is 5.78. The quantitative estimate of drug-likeness (QED) is 0.234. The molecule has 0 saturated carbocycles. The summed E-state index contributed by atoms with van der Waals surface area (Å²) in [4.78, 5) is 22.8. The van der Waals surface area contributed by atoms with Crippen molar-refractivity contribution in [2.24, 2.45) is 5.92 Å². The zero-order valence-corrected chi connectivity index (χ0v) is 14.3. The second-order valence-corrected chi connectivity index (χ2v) is 5.61. The van der Waals surface area contributed by atoms with Crippen molar-refractivity contribution in [1.29, 1.82) is 0 Å². The fourth-order valence-corrected chi connectivity index (χ4v) is 2.29. The van der Waals surface area contributed by atoms with Crippen LogP contribution in [0.2, 0.25) is 0 Å². The SMILES string of the molecule is CCCCC[C@H](CN(O)C=O)C(=O)NNCc1ccc(OC)cc1. The maximum atomic E-state index is 12.2. The van der Waals surface area contributed by atoms with E-state index in [-0.39, 0.29) is 12.5 Å². The smallest absolute Gasteiger partial charge is 0.239 e. The molecule has 0 spiro atoms. The Kier molecular flexibility index (Phi) is 9.48. The van der Waals surface area contributed by atoms with Crippen LogP contribution in [-0.4, -0.2) is 36.2 Å². The summed E-state index contributed by atoms with van der Waals surface area (Å²) in [6, 6.07) is 7.50. The van der Waals surface area contributed by atoms with Gasteiger partial charge in [-0.05, 0) is 24.1 Å². The van der Waals surface area contributed by atoms with E-state index in [1.807, 2.05) is 24.3 Å². The van der Waals surface area contributed by atoms with Crippen molar-refractivity contribution < 1.29 is 19.5 Å². The molecule has 0 aliphatic rings. The Bertz CT molecular complexity index is 493. The average molecular weight is 337 g/mol. The van der Waals surface area contributed by atoms with Crippen LogP contribution in [-0.2, 0) is 16.1 Å². The van der Waals surface area contributed by atoms with Crippen LogP contribution in [0.15, 0.2) is 24.3 Å². The first-order valence-electron chi connectivity index (χ1n) is 8.17. The normalized spacial score (nSPS) is 11.6. The molecule has 0 aliphatic heterocycles. The molecule has 7 nitrogen and oxygen atoms in total. The summed E-state index contributed by atoms with van der Waals surface area (Å²) in [7, 11) is 1.61. The predicted octanol–water partition coefficient (Wildman–Crippen LogP) is 1.86. The molecule has 0 unspecified atom stereocenters. The molecule has 0 saturated heterocycles. The number of hydroxylamine groups is 2. The third kappa shape index (κ3) is 7.43. The number of hydrogen-bond acceptors (Lipinski definition) is 5. The van der Waals surface area contributed by atoms with Gasteiger partial charge in [0, 0.05) is 6.54 Å². The number of carbonyl (C=O) groups is 2. The monoisotopic (exact) mass is 337 g/mol. The molecule has 0 fully saturated rings. The molecular formula is C17H27N3O4. The van der Waals surface area contributed by atoms with Gasteiger partial charge in [0.1, 0.15) is 5.75 Å². The number of methoxy groups -OCH3 is 1. The molecule has 1 aromatic rings. The second-order valence-electron chi connectivity index (χ2n) is 5.61. The largest absolute Gasteiger partial charge is 0.497 e. The van der Waals surface area contributed by atoms with E-state index in [9.17, 15) is 14.8 Å². The van der Waals surface area contributed by atoms with Crippen molar-refractivity contribution in [2.45, 2.75) is 39.2 Å². The number of amides is 2. The number of nitrogens with zero attached hydrogens (tertiary/aromatic N) is 1. The van der Waals surface area contributed by atoms with E-state index in [0.29, 0.717) is 24.4 Å². The molecule has 0 heterocycles.